The zero-order chi connectivity index (χ0) is 12.8. The number of hydrogen-bond donors (Lipinski definition) is 2. The zero-order valence-electron chi connectivity index (χ0n) is 10.6. The van der Waals surface area contributed by atoms with Crippen molar-refractivity contribution in [1.82, 2.24) is 5.32 Å². The van der Waals surface area contributed by atoms with Crippen molar-refractivity contribution in [3.63, 3.8) is 0 Å². The van der Waals surface area contributed by atoms with E-state index in [0.717, 1.165) is 11.1 Å². The van der Waals surface area contributed by atoms with Gasteiger partial charge in [-0.3, -0.25) is 0 Å². The highest BCUT2D eigenvalue weighted by atomic mass is 16.3. The van der Waals surface area contributed by atoms with E-state index in [1.807, 2.05) is 43.4 Å². The second kappa shape index (κ2) is 6.34. The van der Waals surface area contributed by atoms with Crippen molar-refractivity contribution >= 4 is 0 Å². The molecular formula is C16H19NO. The second-order valence-corrected chi connectivity index (χ2v) is 4.42. The van der Waals surface area contributed by atoms with Crippen LogP contribution >= 0.6 is 0 Å². The lowest BCUT2D eigenvalue weighted by atomic mass is 9.86. The Labute approximate surface area is 108 Å². The second-order valence-electron chi connectivity index (χ2n) is 4.42. The molecule has 0 fully saturated rings. The highest BCUT2D eigenvalue weighted by Crippen LogP contribution is 2.27. The van der Waals surface area contributed by atoms with Crippen LogP contribution in [0.2, 0.25) is 0 Å². The van der Waals surface area contributed by atoms with Gasteiger partial charge in [-0.2, -0.15) is 0 Å². The number of aliphatic hydroxyl groups excluding tert-OH is 1. The summed E-state index contributed by atoms with van der Waals surface area (Å²) in [5.41, 5.74) is 2.29. The van der Waals surface area contributed by atoms with Crippen molar-refractivity contribution in [1.29, 1.82) is 0 Å². The molecule has 1 atom stereocenters. The van der Waals surface area contributed by atoms with Gasteiger partial charge >= 0.3 is 0 Å². The van der Waals surface area contributed by atoms with Gasteiger partial charge in [0.05, 0.1) is 6.10 Å². The lowest BCUT2D eigenvalue weighted by molar-refractivity contribution is 0.156. The first kappa shape index (κ1) is 12.8. The molecule has 0 amide bonds. The van der Waals surface area contributed by atoms with E-state index in [4.69, 9.17) is 0 Å². The summed E-state index contributed by atoms with van der Waals surface area (Å²) in [4.78, 5) is 0. The van der Waals surface area contributed by atoms with E-state index in [2.05, 4.69) is 29.6 Å². The van der Waals surface area contributed by atoms with E-state index < -0.39 is 6.10 Å². The standard InChI is InChI=1S/C16H19NO/c1-17-12-15(18)16(13-8-4-2-5-9-13)14-10-6-3-7-11-14/h2-11,15-18H,12H2,1H3/t15-/m1/s1. The van der Waals surface area contributed by atoms with Crippen LogP contribution in [0.1, 0.15) is 17.0 Å². The maximum Gasteiger partial charge on any atom is 0.0773 e. The highest BCUT2D eigenvalue weighted by Gasteiger charge is 2.21. The molecule has 2 heteroatoms. The quantitative estimate of drug-likeness (QED) is 0.842. The first-order valence-electron chi connectivity index (χ1n) is 6.25. The molecular weight excluding hydrogens is 222 g/mol. The number of hydrogen-bond acceptors (Lipinski definition) is 2. The van der Waals surface area contributed by atoms with Crippen LogP contribution in [0.15, 0.2) is 60.7 Å². The summed E-state index contributed by atoms with van der Waals surface area (Å²) in [6.07, 6.45) is -0.431. The Morgan fingerprint density at radius 3 is 1.72 bits per heavy atom. The summed E-state index contributed by atoms with van der Waals surface area (Å²) in [5, 5.41) is 13.4. The molecule has 0 unspecified atom stereocenters. The molecule has 0 aliphatic heterocycles. The fraction of sp³-hybridized carbons (Fsp3) is 0.250. The van der Waals surface area contributed by atoms with Crippen LogP contribution in [0.3, 0.4) is 0 Å². The van der Waals surface area contributed by atoms with Crippen LogP contribution in [0, 0.1) is 0 Å². The first-order chi connectivity index (χ1) is 8.83. The largest absolute Gasteiger partial charge is 0.391 e. The van der Waals surface area contributed by atoms with Crippen molar-refractivity contribution in [2.24, 2.45) is 0 Å². The Morgan fingerprint density at radius 2 is 1.33 bits per heavy atom. The van der Waals surface area contributed by atoms with Crippen LogP contribution in [0.4, 0.5) is 0 Å². The molecule has 18 heavy (non-hydrogen) atoms. The molecule has 2 nitrogen and oxygen atoms in total. The van der Waals surface area contributed by atoms with Gasteiger partial charge in [0.1, 0.15) is 0 Å². The smallest absolute Gasteiger partial charge is 0.0773 e. The lowest BCUT2D eigenvalue weighted by Gasteiger charge is -2.23. The van der Waals surface area contributed by atoms with Crippen LogP contribution in [-0.4, -0.2) is 24.8 Å². The minimum Gasteiger partial charge on any atom is -0.391 e. The van der Waals surface area contributed by atoms with E-state index in [0.29, 0.717) is 6.54 Å². The lowest BCUT2D eigenvalue weighted by Crippen LogP contribution is -2.30. The molecule has 0 saturated carbocycles. The van der Waals surface area contributed by atoms with Crippen LogP contribution < -0.4 is 5.32 Å². The molecule has 0 radical (unpaired) electrons. The van der Waals surface area contributed by atoms with E-state index in [1.165, 1.54) is 0 Å². The molecule has 0 saturated heterocycles. The minimum absolute atomic E-state index is 0.0137. The molecule has 2 aromatic rings. The Morgan fingerprint density at radius 1 is 0.889 bits per heavy atom. The van der Waals surface area contributed by atoms with Gasteiger partial charge < -0.3 is 10.4 Å². The van der Waals surface area contributed by atoms with Crippen molar-refractivity contribution in [3.05, 3.63) is 71.8 Å². The number of aliphatic hydroxyl groups is 1. The van der Waals surface area contributed by atoms with Gasteiger partial charge in [-0.15, -0.1) is 0 Å². The van der Waals surface area contributed by atoms with Gasteiger partial charge in [0.2, 0.25) is 0 Å². The Bertz CT molecular complexity index is 416. The predicted octanol–water partition coefficient (Wildman–Crippen LogP) is 2.40. The topological polar surface area (TPSA) is 32.3 Å². The van der Waals surface area contributed by atoms with Crippen LogP contribution in [-0.2, 0) is 0 Å². The number of nitrogens with one attached hydrogen (secondary N) is 1. The normalized spacial score (nSPS) is 12.6. The number of likely N-dealkylation sites (N-methyl/N-ethyl adjacent to an activating group) is 1. The summed E-state index contributed by atoms with van der Waals surface area (Å²) in [7, 11) is 1.86. The molecule has 0 bridgehead atoms. The van der Waals surface area contributed by atoms with Gasteiger partial charge in [-0.25, -0.2) is 0 Å². The van der Waals surface area contributed by atoms with Crippen molar-refractivity contribution < 1.29 is 5.11 Å². The predicted molar refractivity (Wildman–Crippen MR) is 74.7 cm³/mol. The van der Waals surface area contributed by atoms with Crippen LogP contribution in [0.5, 0.6) is 0 Å². The average molecular weight is 241 g/mol. The van der Waals surface area contributed by atoms with Gasteiger partial charge in [0, 0.05) is 12.5 Å². The Hall–Kier alpha value is -1.64. The summed E-state index contributed by atoms with van der Waals surface area (Å²) in [6, 6.07) is 20.3. The number of rotatable bonds is 5. The van der Waals surface area contributed by atoms with E-state index in [9.17, 15) is 5.11 Å². The Kier molecular flexibility index (Phi) is 4.51. The van der Waals surface area contributed by atoms with Crippen molar-refractivity contribution in [3.8, 4) is 0 Å². The van der Waals surface area contributed by atoms with E-state index in [1.54, 1.807) is 0 Å². The summed E-state index contributed by atoms with van der Waals surface area (Å²) >= 11 is 0. The molecule has 0 aliphatic rings. The van der Waals surface area contributed by atoms with Gasteiger partial charge in [-0.05, 0) is 18.2 Å². The SMILES string of the molecule is CNC[C@@H](O)C(c1ccccc1)c1ccccc1. The average Bonchev–Trinajstić information content (AvgIpc) is 2.42. The maximum absolute atomic E-state index is 10.4. The Balaban J connectivity index is 2.35. The van der Waals surface area contributed by atoms with Gasteiger partial charge in [-0.1, -0.05) is 60.7 Å². The van der Waals surface area contributed by atoms with Crippen LogP contribution in [0.25, 0.3) is 0 Å². The van der Waals surface area contributed by atoms with Gasteiger partial charge in [0.15, 0.2) is 0 Å². The van der Waals surface area contributed by atoms with Crippen molar-refractivity contribution in [2.75, 3.05) is 13.6 Å². The number of benzene rings is 2. The molecule has 94 valence electrons. The maximum atomic E-state index is 10.4. The third-order valence-electron chi connectivity index (χ3n) is 3.12. The fourth-order valence-corrected chi connectivity index (χ4v) is 2.28. The molecule has 2 N–H and O–H groups in total. The monoisotopic (exact) mass is 241 g/mol. The molecule has 2 aromatic carbocycles. The zero-order valence-corrected chi connectivity index (χ0v) is 10.6. The van der Waals surface area contributed by atoms with Gasteiger partial charge in [0.25, 0.3) is 0 Å². The minimum atomic E-state index is -0.431. The third kappa shape index (κ3) is 2.97. The van der Waals surface area contributed by atoms with E-state index in [-0.39, 0.29) is 5.92 Å². The molecule has 0 aliphatic carbocycles. The fourth-order valence-electron chi connectivity index (χ4n) is 2.28. The third-order valence-corrected chi connectivity index (χ3v) is 3.12. The molecule has 0 aromatic heterocycles. The molecule has 2 rings (SSSR count). The highest BCUT2D eigenvalue weighted by molar-refractivity contribution is 5.33. The van der Waals surface area contributed by atoms with E-state index >= 15 is 0 Å². The summed E-state index contributed by atoms with van der Waals surface area (Å²) in [6.45, 7) is 0.578. The summed E-state index contributed by atoms with van der Waals surface area (Å²) in [5.74, 6) is 0.0137. The van der Waals surface area contributed by atoms with Crippen molar-refractivity contribution in [2.45, 2.75) is 12.0 Å². The molecule has 0 heterocycles. The first-order valence-corrected chi connectivity index (χ1v) is 6.25. The summed E-state index contributed by atoms with van der Waals surface area (Å²) < 4.78 is 0. The molecule has 0 spiro atoms.